The number of rotatable bonds is 13. The first-order chi connectivity index (χ1) is 31.0. The van der Waals surface area contributed by atoms with Gasteiger partial charge in [-0.1, -0.05) is 58.0 Å². The van der Waals surface area contributed by atoms with Crippen molar-refractivity contribution in [3.63, 3.8) is 0 Å². The minimum Gasteiger partial charge on any atom is -0.464 e. The van der Waals surface area contributed by atoms with Crippen molar-refractivity contribution >= 4 is 47.2 Å². The fourth-order valence-corrected chi connectivity index (χ4v) is 9.09. The van der Waals surface area contributed by atoms with Crippen LogP contribution in [0.3, 0.4) is 0 Å². The zero-order valence-electron chi connectivity index (χ0n) is 39.5. The van der Waals surface area contributed by atoms with Crippen molar-refractivity contribution in [1.82, 2.24) is 35.1 Å². The van der Waals surface area contributed by atoms with Gasteiger partial charge in [-0.2, -0.15) is 0 Å². The predicted molar refractivity (Wildman–Crippen MR) is 252 cm³/mol. The zero-order chi connectivity index (χ0) is 47.2. The van der Waals surface area contributed by atoms with E-state index in [0.29, 0.717) is 32.4 Å². The molecular weight excluding hydrogens is 825 g/mol. The number of fused-ring (bicyclic) bond motifs is 6. The number of methoxy groups -OCH3 is 1. The number of hydrogen-bond donors (Lipinski definition) is 2. The predicted octanol–water partition coefficient (Wildman–Crippen LogP) is 5.78. The smallest absolute Gasteiger partial charge is 0.324 e. The highest BCUT2D eigenvalue weighted by molar-refractivity contribution is 5.96. The van der Waals surface area contributed by atoms with Crippen LogP contribution in [0.1, 0.15) is 83.7 Å². The molecule has 4 atom stereocenters. The molecular formula is C50H66N8O7. The van der Waals surface area contributed by atoms with Gasteiger partial charge in [0.2, 0.25) is 17.7 Å². The number of nitrogens with one attached hydrogen (secondary N) is 2. The largest absolute Gasteiger partial charge is 0.464 e. The van der Waals surface area contributed by atoms with Crippen LogP contribution in [0.4, 0.5) is 0 Å². The van der Waals surface area contributed by atoms with Gasteiger partial charge in [-0.3, -0.25) is 34.0 Å². The maximum Gasteiger partial charge on any atom is 0.324 e. The molecule has 2 aliphatic rings. The van der Waals surface area contributed by atoms with Gasteiger partial charge in [0.1, 0.15) is 18.1 Å². The molecule has 4 aromatic rings. The Labute approximate surface area is 382 Å². The molecule has 2 aromatic carbocycles. The SMILES string of the molecule is C=NCCC(=O)N(C)CC(=O)N(C)[C@H](C(=O)N[C@H]1Cc2cccc(c2)-c2ccc3c(c2)c(c(-c2cccnc2[C@H](C)OC)n3CC)CC(C)(C)COC(=O)[C@@H]2CCCN(N2)C1=O)C(C)C. The number of carbonyl (C=O) groups excluding carboxylic acids is 5. The molecule has 2 N–H and O–H groups in total. The lowest BCUT2D eigenvalue weighted by atomic mass is 9.84. The Morgan fingerprint density at radius 1 is 1.06 bits per heavy atom. The monoisotopic (exact) mass is 891 g/mol. The third kappa shape index (κ3) is 11.0. The minimum atomic E-state index is -1.07. The fraction of sp³-hybridized carbons (Fsp3) is 0.500. The number of benzene rings is 2. The molecule has 6 bridgehead atoms. The molecule has 15 heteroatoms. The van der Waals surface area contributed by atoms with Crippen molar-refractivity contribution in [2.45, 2.75) is 104 Å². The van der Waals surface area contributed by atoms with Gasteiger partial charge in [0.05, 0.1) is 30.6 Å². The third-order valence-corrected chi connectivity index (χ3v) is 12.6. The Kier molecular flexibility index (Phi) is 15.6. The molecule has 0 radical (unpaired) electrons. The maximum absolute atomic E-state index is 14.6. The summed E-state index contributed by atoms with van der Waals surface area (Å²) in [7, 11) is 4.75. The number of amides is 4. The van der Waals surface area contributed by atoms with E-state index in [4.69, 9.17) is 14.5 Å². The van der Waals surface area contributed by atoms with E-state index in [0.717, 1.165) is 50.1 Å². The van der Waals surface area contributed by atoms with E-state index < -0.39 is 47.2 Å². The quantitative estimate of drug-likeness (QED) is 0.125. The summed E-state index contributed by atoms with van der Waals surface area (Å²) >= 11 is 0. The number of aliphatic imine (C=N–C) groups is 1. The second kappa shape index (κ2) is 20.9. The summed E-state index contributed by atoms with van der Waals surface area (Å²) in [5, 5.41) is 5.50. The van der Waals surface area contributed by atoms with Crippen molar-refractivity contribution in [1.29, 1.82) is 0 Å². The van der Waals surface area contributed by atoms with Crippen molar-refractivity contribution in [2.24, 2.45) is 16.3 Å². The molecule has 2 aliphatic heterocycles. The third-order valence-electron chi connectivity index (χ3n) is 12.6. The van der Waals surface area contributed by atoms with Crippen LogP contribution in [0, 0.1) is 11.3 Å². The first-order valence-electron chi connectivity index (χ1n) is 22.7. The van der Waals surface area contributed by atoms with Gasteiger partial charge >= 0.3 is 5.97 Å². The topological polar surface area (TPSA) is 168 Å². The normalized spacial score (nSPS) is 18.6. The number of likely N-dealkylation sites (N-methyl/N-ethyl adjacent to an activating group) is 2. The van der Waals surface area contributed by atoms with E-state index >= 15 is 0 Å². The number of pyridine rings is 1. The number of hydrazine groups is 1. The van der Waals surface area contributed by atoms with E-state index in [1.807, 2.05) is 51.1 Å². The standard InChI is InChI=1S/C50H66N8O7/c1-11-57-41-20-19-35-27-37(41)38(46(57)36-17-13-22-52-44(36)32(4)64-10)28-50(5,6)30-65-49(63)39-18-14-24-58(54-39)48(62)40(26-33-15-12-16-34(35)25-33)53-47(61)45(31(2)3)56(9)43(60)29-55(8)42(59)21-23-51-7/h12-13,15-17,19-20,22,25,27,31-32,39-40,45,54H,7,11,14,18,21,23-24,26,28-30H2,1-6,8-10H3,(H,53,61)/t32-,39-,40-,45-/m0/s1. The summed E-state index contributed by atoms with van der Waals surface area (Å²) in [4.78, 5) is 80.3. The summed E-state index contributed by atoms with van der Waals surface area (Å²) < 4.78 is 14.2. The van der Waals surface area contributed by atoms with E-state index in [-0.39, 0.29) is 50.5 Å². The van der Waals surface area contributed by atoms with Crippen LogP contribution in [-0.4, -0.2) is 126 Å². The van der Waals surface area contributed by atoms with Gasteiger partial charge < -0.3 is 34.1 Å². The van der Waals surface area contributed by atoms with E-state index in [1.165, 1.54) is 28.9 Å². The number of hydrogen-bond acceptors (Lipinski definition) is 10. The molecule has 348 valence electrons. The number of nitrogens with zero attached hydrogens (tertiary/aromatic N) is 6. The molecule has 65 heavy (non-hydrogen) atoms. The van der Waals surface area contributed by atoms with Crippen LogP contribution in [0.25, 0.3) is 33.3 Å². The van der Waals surface area contributed by atoms with Gasteiger partial charge in [0, 0.05) is 81.8 Å². The molecule has 0 aliphatic carbocycles. The van der Waals surface area contributed by atoms with Crippen molar-refractivity contribution in [3.8, 4) is 22.4 Å². The number of esters is 1. The van der Waals surface area contributed by atoms with Gasteiger partial charge in [0.25, 0.3) is 5.91 Å². The molecule has 0 unspecified atom stereocenters. The van der Waals surface area contributed by atoms with Crippen LogP contribution in [0.15, 0.2) is 65.8 Å². The summed E-state index contributed by atoms with van der Waals surface area (Å²) in [5.74, 6) is -2.44. The summed E-state index contributed by atoms with van der Waals surface area (Å²) in [6, 6.07) is 15.7. The van der Waals surface area contributed by atoms with Crippen molar-refractivity contribution < 1.29 is 33.4 Å². The Balaban J connectivity index is 1.42. The van der Waals surface area contributed by atoms with Crippen LogP contribution in [0.5, 0.6) is 0 Å². The Morgan fingerprint density at radius 2 is 1.82 bits per heavy atom. The van der Waals surface area contributed by atoms with E-state index in [1.54, 1.807) is 13.3 Å². The molecule has 2 aromatic heterocycles. The van der Waals surface area contributed by atoms with Gasteiger partial charge in [-0.25, -0.2) is 5.43 Å². The number of ether oxygens (including phenoxy) is 2. The van der Waals surface area contributed by atoms with Crippen LogP contribution in [0.2, 0.25) is 0 Å². The van der Waals surface area contributed by atoms with Crippen LogP contribution in [-0.2, 0) is 52.8 Å². The van der Waals surface area contributed by atoms with Gasteiger partial charge in [-0.05, 0) is 92.3 Å². The van der Waals surface area contributed by atoms with Gasteiger partial charge in [0.15, 0.2) is 0 Å². The fourth-order valence-electron chi connectivity index (χ4n) is 9.09. The molecule has 4 amide bonds. The molecule has 0 spiro atoms. The zero-order valence-corrected chi connectivity index (χ0v) is 39.5. The summed E-state index contributed by atoms with van der Waals surface area (Å²) in [6.07, 6.45) is 3.35. The molecule has 0 saturated carbocycles. The highest BCUT2D eigenvalue weighted by Gasteiger charge is 2.38. The summed E-state index contributed by atoms with van der Waals surface area (Å²) in [6.45, 7) is 16.5. The highest BCUT2D eigenvalue weighted by atomic mass is 16.5. The molecule has 15 nitrogen and oxygen atoms in total. The second-order valence-electron chi connectivity index (χ2n) is 18.5. The van der Waals surface area contributed by atoms with Crippen molar-refractivity contribution in [3.05, 3.63) is 77.6 Å². The number of carbonyl (C=O) groups is 5. The van der Waals surface area contributed by atoms with Gasteiger partial charge in [-0.15, -0.1) is 0 Å². The average Bonchev–Trinajstić information content (AvgIpc) is 3.60. The molecule has 1 saturated heterocycles. The Morgan fingerprint density at radius 3 is 2.52 bits per heavy atom. The van der Waals surface area contributed by atoms with Crippen LogP contribution >= 0.6 is 0 Å². The number of aromatic nitrogens is 2. The Hall–Kier alpha value is -5.93. The molecule has 4 heterocycles. The first kappa shape index (κ1) is 48.5. The number of cyclic esters (lactones) is 1. The Bertz CT molecular complexity index is 2410. The second-order valence-corrected chi connectivity index (χ2v) is 18.5. The highest BCUT2D eigenvalue weighted by Crippen LogP contribution is 2.42. The van der Waals surface area contributed by atoms with E-state index in [9.17, 15) is 24.0 Å². The number of aryl methyl sites for hydroxylation is 1. The lowest BCUT2D eigenvalue weighted by molar-refractivity contribution is -0.155. The van der Waals surface area contributed by atoms with E-state index in [2.05, 4.69) is 72.1 Å². The summed E-state index contributed by atoms with van der Waals surface area (Å²) in [5.41, 5.74) is 10.4. The lowest BCUT2D eigenvalue weighted by Gasteiger charge is -2.37. The minimum absolute atomic E-state index is 0.113. The van der Waals surface area contributed by atoms with Crippen molar-refractivity contribution in [2.75, 3.05) is 47.4 Å². The first-order valence-corrected chi connectivity index (χ1v) is 22.7. The molecule has 6 rings (SSSR count). The molecule has 1 fully saturated rings. The lowest BCUT2D eigenvalue weighted by Crippen LogP contribution is -2.62. The van der Waals surface area contributed by atoms with Crippen LogP contribution < -0.4 is 10.7 Å². The maximum atomic E-state index is 14.6. The average molecular weight is 891 g/mol.